The monoisotopic (exact) mass is 265 g/mol. The molecule has 0 heterocycles. The third kappa shape index (κ3) is 4.24. The van der Waals surface area contributed by atoms with Gasteiger partial charge in [-0.25, -0.2) is 4.79 Å². The highest BCUT2D eigenvalue weighted by molar-refractivity contribution is 5.81. The van der Waals surface area contributed by atoms with Crippen LogP contribution >= 0.6 is 0 Å². The van der Waals surface area contributed by atoms with Gasteiger partial charge in [0.05, 0.1) is 13.2 Å². The zero-order chi connectivity index (χ0) is 14.3. The Hall–Kier alpha value is -1.55. The van der Waals surface area contributed by atoms with Gasteiger partial charge in [-0.05, 0) is 38.0 Å². The summed E-state index contributed by atoms with van der Waals surface area (Å²) in [5.41, 5.74) is 5.61. The Morgan fingerprint density at radius 3 is 2.42 bits per heavy atom. The maximum atomic E-state index is 11.8. The van der Waals surface area contributed by atoms with Crippen LogP contribution in [0, 0.1) is 0 Å². The summed E-state index contributed by atoms with van der Waals surface area (Å²) in [7, 11) is 0. The van der Waals surface area contributed by atoms with E-state index in [2.05, 4.69) is 6.92 Å². The summed E-state index contributed by atoms with van der Waals surface area (Å²) in [5.74, 6) is 0.367. The zero-order valence-electron chi connectivity index (χ0n) is 11.9. The fourth-order valence-electron chi connectivity index (χ4n) is 1.63. The second kappa shape index (κ2) is 7.14. The number of carbonyl (C=O) groups is 1. The normalized spacial score (nSPS) is 13.7. The number of ether oxygens (including phenoxy) is 2. The Morgan fingerprint density at radius 1 is 1.26 bits per heavy atom. The first-order valence-electron chi connectivity index (χ1n) is 6.71. The van der Waals surface area contributed by atoms with Gasteiger partial charge in [0.2, 0.25) is 0 Å². The zero-order valence-corrected chi connectivity index (χ0v) is 11.9. The molecule has 19 heavy (non-hydrogen) atoms. The molecule has 0 aliphatic carbocycles. The average Bonchev–Trinajstić information content (AvgIpc) is 2.40. The average molecular weight is 265 g/mol. The van der Waals surface area contributed by atoms with Gasteiger partial charge in [0.1, 0.15) is 11.3 Å². The lowest BCUT2D eigenvalue weighted by Gasteiger charge is -2.22. The van der Waals surface area contributed by atoms with Crippen LogP contribution in [-0.4, -0.2) is 19.2 Å². The van der Waals surface area contributed by atoms with Crippen LogP contribution in [0.1, 0.15) is 39.2 Å². The van der Waals surface area contributed by atoms with E-state index in [0.717, 1.165) is 18.6 Å². The Bertz CT molecular complexity index is 398. The Labute approximate surface area is 114 Å². The van der Waals surface area contributed by atoms with E-state index in [9.17, 15) is 4.79 Å². The predicted octanol–water partition coefficient (Wildman–Crippen LogP) is 2.60. The SMILES string of the molecule is CCCCOc1ccc(C(C)(N)C(=O)OCC)cc1. The summed E-state index contributed by atoms with van der Waals surface area (Å²) in [4.78, 5) is 11.8. The van der Waals surface area contributed by atoms with Crippen molar-refractivity contribution in [1.82, 2.24) is 0 Å². The van der Waals surface area contributed by atoms with Crippen molar-refractivity contribution in [2.45, 2.75) is 39.2 Å². The van der Waals surface area contributed by atoms with E-state index in [-0.39, 0.29) is 0 Å². The highest BCUT2D eigenvalue weighted by Gasteiger charge is 2.31. The van der Waals surface area contributed by atoms with E-state index in [0.29, 0.717) is 18.8 Å². The van der Waals surface area contributed by atoms with Crippen LogP contribution in [0.2, 0.25) is 0 Å². The van der Waals surface area contributed by atoms with Crippen LogP contribution in [0.25, 0.3) is 0 Å². The highest BCUT2D eigenvalue weighted by Crippen LogP contribution is 2.22. The third-order valence-electron chi connectivity index (χ3n) is 2.92. The molecule has 0 amide bonds. The molecular formula is C15H23NO3. The summed E-state index contributed by atoms with van der Waals surface area (Å²) in [6, 6.07) is 7.26. The summed E-state index contributed by atoms with van der Waals surface area (Å²) in [6.45, 7) is 6.56. The van der Waals surface area contributed by atoms with E-state index in [1.165, 1.54) is 0 Å². The minimum absolute atomic E-state index is 0.323. The summed E-state index contributed by atoms with van der Waals surface area (Å²) in [5, 5.41) is 0. The fourth-order valence-corrected chi connectivity index (χ4v) is 1.63. The lowest BCUT2D eigenvalue weighted by atomic mass is 9.93. The standard InChI is InChI=1S/C15H23NO3/c1-4-6-11-19-13-9-7-12(8-10-13)15(3,16)14(17)18-5-2/h7-10H,4-6,11,16H2,1-3H3. The minimum Gasteiger partial charge on any atom is -0.494 e. The lowest BCUT2D eigenvalue weighted by molar-refractivity contribution is -0.149. The van der Waals surface area contributed by atoms with Gasteiger partial charge in [-0.2, -0.15) is 0 Å². The number of carbonyl (C=O) groups excluding carboxylic acids is 1. The first-order chi connectivity index (χ1) is 9.02. The number of rotatable bonds is 7. The largest absolute Gasteiger partial charge is 0.494 e. The Morgan fingerprint density at radius 2 is 1.89 bits per heavy atom. The molecule has 4 nitrogen and oxygen atoms in total. The number of hydrogen-bond donors (Lipinski definition) is 1. The van der Waals surface area contributed by atoms with Gasteiger partial charge in [0.25, 0.3) is 0 Å². The van der Waals surface area contributed by atoms with Crippen LogP contribution in [-0.2, 0) is 15.1 Å². The Balaban J connectivity index is 2.71. The molecule has 0 radical (unpaired) electrons. The van der Waals surface area contributed by atoms with Crippen LogP contribution in [0.5, 0.6) is 5.75 Å². The lowest BCUT2D eigenvalue weighted by Crippen LogP contribution is -2.43. The van der Waals surface area contributed by atoms with Crippen molar-refractivity contribution in [3.8, 4) is 5.75 Å². The van der Waals surface area contributed by atoms with E-state index >= 15 is 0 Å². The van der Waals surface area contributed by atoms with E-state index in [1.54, 1.807) is 26.0 Å². The first kappa shape index (κ1) is 15.5. The number of esters is 1. The second-order valence-electron chi connectivity index (χ2n) is 4.65. The van der Waals surface area contributed by atoms with Crippen molar-refractivity contribution in [3.63, 3.8) is 0 Å². The van der Waals surface area contributed by atoms with Gasteiger partial charge in [0.15, 0.2) is 0 Å². The molecule has 106 valence electrons. The van der Waals surface area contributed by atoms with E-state index in [1.807, 2.05) is 12.1 Å². The summed E-state index contributed by atoms with van der Waals surface area (Å²) in [6.07, 6.45) is 2.13. The smallest absolute Gasteiger partial charge is 0.330 e. The number of hydrogen-bond acceptors (Lipinski definition) is 4. The molecule has 0 saturated carbocycles. The summed E-state index contributed by atoms with van der Waals surface area (Å²) >= 11 is 0. The molecule has 1 atom stereocenters. The molecule has 0 fully saturated rings. The van der Waals surface area contributed by atoms with Crippen molar-refractivity contribution < 1.29 is 14.3 Å². The quantitative estimate of drug-likeness (QED) is 0.608. The number of unbranched alkanes of at least 4 members (excludes halogenated alkanes) is 1. The fraction of sp³-hybridized carbons (Fsp3) is 0.533. The van der Waals surface area contributed by atoms with Crippen LogP contribution in [0.15, 0.2) is 24.3 Å². The first-order valence-corrected chi connectivity index (χ1v) is 6.71. The molecule has 1 aromatic rings. The molecular weight excluding hydrogens is 242 g/mol. The van der Waals surface area contributed by atoms with Gasteiger partial charge < -0.3 is 15.2 Å². The molecule has 1 rings (SSSR count). The number of benzene rings is 1. The van der Waals surface area contributed by atoms with Crippen molar-refractivity contribution in [1.29, 1.82) is 0 Å². The predicted molar refractivity (Wildman–Crippen MR) is 75.0 cm³/mol. The highest BCUT2D eigenvalue weighted by atomic mass is 16.5. The number of nitrogens with two attached hydrogens (primary N) is 1. The van der Waals surface area contributed by atoms with Crippen molar-refractivity contribution in [2.24, 2.45) is 5.73 Å². The topological polar surface area (TPSA) is 61.5 Å². The van der Waals surface area contributed by atoms with Gasteiger partial charge >= 0.3 is 5.97 Å². The van der Waals surface area contributed by atoms with E-state index < -0.39 is 11.5 Å². The molecule has 1 unspecified atom stereocenters. The molecule has 2 N–H and O–H groups in total. The maximum absolute atomic E-state index is 11.8. The van der Waals surface area contributed by atoms with Crippen LogP contribution in [0.3, 0.4) is 0 Å². The second-order valence-corrected chi connectivity index (χ2v) is 4.65. The van der Waals surface area contributed by atoms with Crippen LogP contribution < -0.4 is 10.5 Å². The maximum Gasteiger partial charge on any atom is 0.330 e. The van der Waals surface area contributed by atoms with Crippen molar-refractivity contribution in [3.05, 3.63) is 29.8 Å². The van der Waals surface area contributed by atoms with Gasteiger partial charge in [-0.1, -0.05) is 25.5 Å². The van der Waals surface area contributed by atoms with Gasteiger partial charge in [-0.3, -0.25) is 0 Å². The molecule has 0 saturated heterocycles. The molecule has 0 aliphatic heterocycles. The third-order valence-corrected chi connectivity index (χ3v) is 2.92. The molecule has 0 aromatic heterocycles. The summed E-state index contributed by atoms with van der Waals surface area (Å²) < 4.78 is 10.5. The van der Waals surface area contributed by atoms with E-state index in [4.69, 9.17) is 15.2 Å². The Kier molecular flexibility index (Phi) is 5.83. The molecule has 1 aromatic carbocycles. The molecule has 0 spiro atoms. The minimum atomic E-state index is -1.13. The molecule has 0 aliphatic rings. The van der Waals surface area contributed by atoms with Crippen molar-refractivity contribution >= 4 is 5.97 Å². The van der Waals surface area contributed by atoms with Crippen LogP contribution in [0.4, 0.5) is 0 Å². The molecule has 4 heteroatoms. The van der Waals surface area contributed by atoms with Crippen molar-refractivity contribution in [2.75, 3.05) is 13.2 Å². The van der Waals surface area contributed by atoms with Gasteiger partial charge in [-0.15, -0.1) is 0 Å². The molecule has 0 bridgehead atoms. The van der Waals surface area contributed by atoms with Gasteiger partial charge in [0, 0.05) is 0 Å².